The second kappa shape index (κ2) is 5.48. The van der Waals surface area contributed by atoms with Gasteiger partial charge in [-0.05, 0) is 25.0 Å². The summed E-state index contributed by atoms with van der Waals surface area (Å²) in [4.78, 5) is 20.4. The van der Waals surface area contributed by atoms with Crippen molar-refractivity contribution in [3.8, 4) is 0 Å². The van der Waals surface area contributed by atoms with Gasteiger partial charge in [-0.15, -0.1) is 0 Å². The van der Waals surface area contributed by atoms with Crippen LogP contribution in [0.3, 0.4) is 0 Å². The molecule has 1 aromatic heterocycles. The molecule has 18 heavy (non-hydrogen) atoms. The van der Waals surface area contributed by atoms with E-state index in [-0.39, 0.29) is 5.91 Å². The maximum Gasteiger partial charge on any atom is 0.241 e. The number of piperazine rings is 1. The molecule has 2 heterocycles. The van der Waals surface area contributed by atoms with E-state index in [2.05, 4.69) is 23.7 Å². The summed E-state index contributed by atoms with van der Waals surface area (Å²) in [5.41, 5.74) is 1.89. The SMILES string of the molecule is Cc1ccc(N2CCN(CC(C)C)CC2=O)cn1. The highest BCUT2D eigenvalue weighted by molar-refractivity contribution is 5.95. The molecule has 2 rings (SSSR count). The molecule has 1 aliphatic rings. The van der Waals surface area contributed by atoms with E-state index in [1.807, 2.05) is 24.0 Å². The molecular weight excluding hydrogens is 226 g/mol. The van der Waals surface area contributed by atoms with Crippen molar-refractivity contribution in [2.75, 3.05) is 31.1 Å². The van der Waals surface area contributed by atoms with Gasteiger partial charge in [0.25, 0.3) is 0 Å². The molecule has 0 spiro atoms. The Hall–Kier alpha value is -1.42. The van der Waals surface area contributed by atoms with Gasteiger partial charge in [-0.2, -0.15) is 0 Å². The smallest absolute Gasteiger partial charge is 0.241 e. The predicted molar refractivity (Wildman–Crippen MR) is 72.6 cm³/mol. The maximum absolute atomic E-state index is 12.1. The number of carbonyl (C=O) groups is 1. The molecule has 0 unspecified atom stereocenters. The van der Waals surface area contributed by atoms with E-state index in [0.29, 0.717) is 12.5 Å². The molecule has 0 saturated carbocycles. The van der Waals surface area contributed by atoms with Crippen molar-refractivity contribution in [3.05, 3.63) is 24.0 Å². The van der Waals surface area contributed by atoms with Crippen LogP contribution in [-0.2, 0) is 4.79 Å². The lowest BCUT2D eigenvalue weighted by Crippen LogP contribution is -2.51. The summed E-state index contributed by atoms with van der Waals surface area (Å²) in [7, 11) is 0. The van der Waals surface area contributed by atoms with E-state index >= 15 is 0 Å². The number of hydrogen-bond donors (Lipinski definition) is 0. The Morgan fingerprint density at radius 3 is 2.67 bits per heavy atom. The Kier molecular flexibility index (Phi) is 3.97. The summed E-state index contributed by atoms with van der Waals surface area (Å²) in [6, 6.07) is 3.92. The van der Waals surface area contributed by atoms with E-state index < -0.39 is 0 Å². The van der Waals surface area contributed by atoms with Crippen molar-refractivity contribution in [2.45, 2.75) is 20.8 Å². The summed E-state index contributed by atoms with van der Waals surface area (Å²) in [6.07, 6.45) is 1.78. The lowest BCUT2D eigenvalue weighted by Gasteiger charge is -2.34. The van der Waals surface area contributed by atoms with Gasteiger partial charge in [0.15, 0.2) is 0 Å². The molecule has 1 saturated heterocycles. The van der Waals surface area contributed by atoms with Crippen LogP contribution in [0.2, 0.25) is 0 Å². The number of aromatic nitrogens is 1. The summed E-state index contributed by atoms with van der Waals surface area (Å²) in [5, 5.41) is 0. The predicted octanol–water partition coefficient (Wildman–Crippen LogP) is 1.69. The molecular formula is C14H21N3O. The number of pyridine rings is 1. The van der Waals surface area contributed by atoms with Gasteiger partial charge in [-0.3, -0.25) is 14.7 Å². The van der Waals surface area contributed by atoms with E-state index in [1.54, 1.807) is 6.20 Å². The number of rotatable bonds is 3. The van der Waals surface area contributed by atoms with Crippen LogP contribution in [-0.4, -0.2) is 42.0 Å². The first-order valence-electron chi connectivity index (χ1n) is 6.51. The van der Waals surface area contributed by atoms with Crippen LogP contribution in [0.25, 0.3) is 0 Å². The van der Waals surface area contributed by atoms with Crippen LogP contribution in [0.4, 0.5) is 5.69 Å². The van der Waals surface area contributed by atoms with Crippen LogP contribution in [0.5, 0.6) is 0 Å². The van der Waals surface area contributed by atoms with Gasteiger partial charge in [0.05, 0.1) is 18.4 Å². The van der Waals surface area contributed by atoms with Gasteiger partial charge in [0, 0.05) is 25.3 Å². The van der Waals surface area contributed by atoms with Crippen molar-refractivity contribution in [1.29, 1.82) is 0 Å². The van der Waals surface area contributed by atoms with Crippen LogP contribution in [0, 0.1) is 12.8 Å². The van der Waals surface area contributed by atoms with Gasteiger partial charge < -0.3 is 4.90 Å². The lowest BCUT2D eigenvalue weighted by atomic mass is 10.2. The number of amides is 1. The second-order valence-corrected chi connectivity index (χ2v) is 5.33. The Morgan fingerprint density at radius 2 is 2.11 bits per heavy atom. The highest BCUT2D eigenvalue weighted by Crippen LogP contribution is 2.16. The second-order valence-electron chi connectivity index (χ2n) is 5.33. The zero-order valence-corrected chi connectivity index (χ0v) is 11.4. The average Bonchev–Trinajstić information content (AvgIpc) is 2.30. The Labute approximate surface area is 109 Å². The van der Waals surface area contributed by atoms with Gasteiger partial charge in [0.2, 0.25) is 5.91 Å². The van der Waals surface area contributed by atoms with E-state index in [1.165, 1.54) is 0 Å². The minimum Gasteiger partial charge on any atom is -0.308 e. The first-order chi connectivity index (χ1) is 8.56. The highest BCUT2D eigenvalue weighted by atomic mass is 16.2. The third-order valence-corrected chi connectivity index (χ3v) is 3.13. The zero-order valence-electron chi connectivity index (χ0n) is 11.4. The minimum atomic E-state index is 0.174. The molecule has 0 radical (unpaired) electrons. The van der Waals surface area contributed by atoms with Crippen LogP contribution >= 0.6 is 0 Å². The molecule has 1 aliphatic heterocycles. The van der Waals surface area contributed by atoms with Gasteiger partial charge in [-0.1, -0.05) is 13.8 Å². The fourth-order valence-corrected chi connectivity index (χ4v) is 2.29. The molecule has 0 bridgehead atoms. The van der Waals surface area contributed by atoms with Crippen molar-refractivity contribution in [2.24, 2.45) is 5.92 Å². The lowest BCUT2D eigenvalue weighted by molar-refractivity contribution is -0.121. The first-order valence-corrected chi connectivity index (χ1v) is 6.51. The molecule has 0 aliphatic carbocycles. The zero-order chi connectivity index (χ0) is 13.1. The summed E-state index contributed by atoms with van der Waals surface area (Å²) in [6.45, 7) is 9.53. The Morgan fingerprint density at radius 1 is 1.33 bits per heavy atom. The fraction of sp³-hybridized carbons (Fsp3) is 0.571. The number of hydrogen-bond acceptors (Lipinski definition) is 3. The topological polar surface area (TPSA) is 36.4 Å². The maximum atomic E-state index is 12.1. The monoisotopic (exact) mass is 247 g/mol. The molecule has 4 nitrogen and oxygen atoms in total. The highest BCUT2D eigenvalue weighted by Gasteiger charge is 2.25. The molecule has 4 heteroatoms. The number of nitrogens with zero attached hydrogens (tertiary/aromatic N) is 3. The molecule has 0 N–H and O–H groups in total. The van der Waals surface area contributed by atoms with Gasteiger partial charge in [0.1, 0.15) is 0 Å². The van der Waals surface area contributed by atoms with E-state index in [0.717, 1.165) is 31.0 Å². The normalized spacial score (nSPS) is 17.6. The van der Waals surface area contributed by atoms with Crippen LogP contribution in [0.15, 0.2) is 18.3 Å². The Bertz CT molecular complexity index is 414. The summed E-state index contributed by atoms with van der Waals surface area (Å²) >= 11 is 0. The van der Waals surface area contributed by atoms with Crippen molar-refractivity contribution < 1.29 is 4.79 Å². The van der Waals surface area contributed by atoms with Crippen molar-refractivity contribution in [3.63, 3.8) is 0 Å². The first kappa shape index (κ1) is 13.0. The molecule has 0 atom stereocenters. The molecule has 1 fully saturated rings. The molecule has 98 valence electrons. The Balaban J connectivity index is 2.01. The fourth-order valence-electron chi connectivity index (χ4n) is 2.29. The molecule has 1 amide bonds. The van der Waals surface area contributed by atoms with E-state index in [9.17, 15) is 4.79 Å². The quantitative estimate of drug-likeness (QED) is 0.815. The number of anilines is 1. The number of aryl methyl sites for hydroxylation is 1. The average molecular weight is 247 g/mol. The van der Waals surface area contributed by atoms with Gasteiger partial charge >= 0.3 is 0 Å². The summed E-state index contributed by atoms with van der Waals surface area (Å²) < 4.78 is 0. The molecule has 0 aromatic carbocycles. The van der Waals surface area contributed by atoms with Crippen LogP contribution in [0.1, 0.15) is 19.5 Å². The third-order valence-electron chi connectivity index (χ3n) is 3.13. The third kappa shape index (κ3) is 3.07. The largest absolute Gasteiger partial charge is 0.308 e. The summed E-state index contributed by atoms with van der Waals surface area (Å²) in [5.74, 6) is 0.776. The standard InChI is InChI=1S/C14H21N3O/c1-11(2)9-16-6-7-17(14(18)10-16)13-5-4-12(3)15-8-13/h4-5,8,11H,6-7,9-10H2,1-3H3. The van der Waals surface area contributed by atoms with Crippen molar-refractivity contribution >= 4 is 11.6 Å². The molecule has 1 aromatic rings. The van der Waals surface area contributed by atoms with Crippen LogP contribution < -0.4 is 4.90 Å². The minimum absolute atomic E-state index is 0.174. The van der Waals surface area contributed by atoms with E-state index in [4.69, 9.17) is 0 Å². The number of carbonyl (C=O) groups excluding carboxylic acids is 1. The van der Waals surface area contributed by atoms with Crippen molar-refractivity contribution in [1.82, 2.24) is 9.88 Å². The van der Waals surface area contributed by atoms with Gasteiger partial charge in [-0.25, -0.2) is 0 Å².